The third-order valence-electron chi connectivity index (χ3n) is 3.34. The maximum absolute atomic E-state index is 11.8. The Labute approximate surface area is 112 Å². The molecule has 112 valence electrons. The maximum Gasteiger partial charge on any atom is 0.261 e. The fourth-order valence-electron chi connectivity index (χ4n) is 2.05. The van der Waals surface area contributed by atoms with Crippen LogP contribution < -0.4 is 5.73 Å². The summed E-state index contributed by atoms with van der Waals surface area (Å²) in [5.74, 6) is -0.0330. The van der Waals surface area contributed by atoms with Crippen LogP contribution in [0.25, 0.3) is 0 Å². The summed E-state index contributed by atoms with van der Waals surface area (Å²) in [7, 11) is 0. The highest BCUT2D eigenvalue weighted by molar-refractivity contribution is 5.76. The number of hydrogen-bond acceptors (Lipinski definition) is 4. The van der Waals surface area contributed by atoms with Crippen molar-refractivity contribution in [3.63, 3.8) is 0 Å². The van der Waals surface area contributed by atoms with Gasteiger partial charge in [-0.05, 0) is 6.92 Å². The number of nitrogens with two attached hydrogens (primary N) is 1. The van der Waals surface area contributed by atoms with Gasteiger partial charge in [0, 0.05) is 38.8 Å². The van der Waals surface area contributed by atoms with E-state index >= 15 is 0 Å². The van der Waals surface area contributed by atoms with E-state index in [9.17, 15) is 13.6 Å². The molecule has 1 atom stereocenters. The van der Waals surface area contributed by atoms with Gasteiger partial charge in [0.2, 0.25) is 5.91 Å². The fraction of sp³-hybridized carbons (Fsp3) is 0.917. The molecule has 1 rings (SSSR count). The topological polar surface area (TPSA) is 58.8 Å². The first kappa shape index (κ1) is 16.3. The molecule has 1 saturated heterocycles. The molecule has 1 unspecified atom stereocenters. The van der Waals surface area contributed by atoms with Crippen LogP contribution in [-0.2, 0) is 9.53 Å². The zero-order valence-electron chi connectivity index (χ0n) is 11.4. The van der Waals surface area contributed by atoms with Crippen molar-refractivity contribution >= 4 is 5.91 Å². The molecule has 1 aliphatic heterocycles. The third kappa shape index (κ3) is 5.80. The molecular weight excluding hydrogens is 256 g/mol. The molecule has 0 saturated carbocycles. The van der Waals surface area contributed by atoms with Crippen molar-refractivity contribution in [2.24, 2.45) is 5.73 Å². The second kappa shape index (κ2) is 8.39. The van der Waals surface area contributed by atoms with Crippen LogP contribution in [0.1, 0.15) is 13.3 Å². The smallest absolute Gasteiger partial charge is 0.261 e. The van der Waals surface area contributed by atoms with Crippen LogP contribution in [0.5, 0.6) is 0 Å². The van der Waals surface area contributed by atoms with Crippen LogP contribution in [-0.4, -0.2) is 74.1 Å². The number of halogens is 2. The van der Waals surface area contributed by atoms with Crippen LogP contribution in [0.4, 0.5) is 8.78 Å². The van der Waals surface area contributed by atoms with E-state index in [2.05, 4.69) is 11.8 Å². The predicted octanol–water partition coefficient (Wildman–Crippen LogP) is 0.150. The minimum absolute atomic E-state index is 0.0330. The van der Waals surface area contributed by atoms with Crippen molar-refractivity contribution in [3.8, 4) is 0 Å². The molecule has 7 heteroatoms. The summed E-state index contributed by atoms with van der Waals surface area (Å²) in [6, 6.07) is 0.326. The molecule has 1 fully saturated rings. The van der Waals surface area contributed by atoms with Gasteiger partial charge in [-0.3, -0.25) is 9.69 Å². The first-order valence-electron chi connectivity index (χ1n) is 6.62. The van der Waals surface area contributed by atoms with E-state index < -0.39 is 13.0 Å². The van der Waals surface area contributed by atoms with Gasteiger partial charge in [-0.25, -0.2) is 8.78 Å². The number of carbonyl (C=O) groups excluding carboxylic acids is 1. The molecule has 5 nitrogen and oxygen atoms in total. The molecule has 2 N–H and O–H groups in total. The monoisotopic (exact) mass is 279 g/mol. The Morgan fingerprint density at radius 3 is 2.47 bits per heavy atom. The Balaban J connectivity index is 2.18. The van der Waals surface area contributed by atoms with Gasteiger partial charge in [-0.15, -0.1) is 0 Å². The van der Waals surface area contributed by atoms with Gasteiger partial charge in [0.1, 0.15) is 6.61 Å². The molecule has 0 bridgehead atoms. The molecule has 0 aromatic heterocycles. The lowest BCUT2D eigenvalue weighted by Crippen LogP contribution is -2.52. The van der Waals surface area contributed by atoms with E-state index in [1.807, 2.05) is 0 Å². The zero-order valence-corrected chi connectivity index (χ0v) is 11.4. The second-order valence-corrected chi connectivity index (χ2v) is 4.72. The van der Waals surface area contributed by atoms with Crippen molar-refractivity contribution < 1.29 is 18.3 Å². The van der Waals surface area contributed by atoms with Crippen molar-refractivity contribution in [2.45, 2.75) is 25.8 Å². The third-order valence-corrected chi connectivity index (χ3v) is 3.34. The lowest BCUT2D eigenvalue weighted by molar-refractivity contribution is -0.134. The highest BCUT2D eigenvalue weighted by Crippen LogP contribution is 2.07. The summed E-state index contributed by atoms with van der Waals surface area (Å²) in [6.45, 7) is 5.07. The summed E-state index contributed by atoms with van der Waals surface area (Å²) >= 11 is 0. The van der Waals surface area contributed by atoms with Gasteiger partial charge in [-0.2, -0.15) is 0 Å². The zero-order chi connectivity index (χ0) is 14.3. The average Bonchev–Trinajstić information content (AvgIpc) is 2.42. The number of rotatable bonds is 7. The van der Waals surface area contributed by atoms with Crippen LogP contribution in [0.3, 0.4) is 0 Å². The molecule has 19 heavy (non-hydrogen) atoms. The molecule has 0 aromatic rings. The quantitative estimate of drug-likeness (QED) is 0.674. The molecule has 1 aliphatic rings. The summed E-state index contributed by atoms with van der Waals surface area (Å²) < 4.78 is 28.4. The van der Waals surface area contributed by atoms with E-state index in [1.54, 1.807) is 4.90 Å². The lowest BCUT2D eigenvalue weighted by atomic mass is 10.2. The van der Waals surface area contributed by atoms with Gasteiger partial charge in [-0.1, -0.05) is 0 Å². The molecule has 0 radical (unpaired) electrons. The Hall–Kier alpha value is -0.790. The molecule has 0 spiro atoms. The number of amides is 1. The minimum atomic E-state index is -2.48. The average molecular weight is 279 g/mol. The fourth-order valence-corrected chi connectivity index (χ4v) is 2.05. The second-order valence-electron chi connectivity index (χ2n) is 4.72. The lowest BCUT2D eigenvalue weighted by Gasteiger charge is -2.37. The number of hydrogen-bond donors (Lipinski definition) is 1. The van der Waals surface area contributed by atoms with E-state index in [0.717, 1.165) is 13.1 Å². The first-order valence-corrected chi connectivity index (χ1v) is 6.62. The molecule has 1 amide bonds. The summed E-state index contributed by atoms with van der Waals surface area (Å²) in [5, 5.41) is 0. The molecule has 0 aromatic carbocycles. The largest absolute Gasteiger partial charge is 0.375 e. The number of carbonyl (C=O) groups is 1. The molecule has 1 heterocycles. The highest BCUT2D eigenvalue weighted by atomic mass is 19.3. The van der Waals surface area contributed by atoms with Gasteiger partial charge in [0.15, 0.2) is 0 Å². The van der Waals surface area contributed by atoms with Crippen LogP contribution >= 0.6 is 0 Å². The Morgan fingerprint density at radius 1 is 1.32 bits per heavy atom. The highest BCUT2D eigenvalue weighted by Gasteiger charge is 2.23. The summed E-state index contributed by atoms with van der Waals surface area (Å²) in [6.07, 6.45) is -2.31. The normalized spacial score (nSPS) is 18.9. The number of piperazine rings is 1. The van der Waals surface area contributed by atoms with Crippen molar-refractivity contribution in [3.05, 3.63) is 0 Å². The van der Waals surface area contributed by atoms with Gasteiger partial charge in [0.05, 0.1) is 13.0 Å². The van der Waals surface area contributed by atoms with E-state index in [4.69, 9.17) is 10.5 Å². The van der Waals surface area contributed by atoms with Crippen molar-refractivity contribution in [1.82, 2.24) is 9.80 Å². The van der Waals surface area contributed by atoms with Crippen LogP contribution in [0.15, 0.2) is 0 Å². The number of ether oxygens (including phenoxy) is 1. The van der Waals surface area contributed by atoms with Crippen molar-refractivity contribution in [1.29, 1.82) is 0 Å². The van der Waals surface area contributed by atoms with Crippen LogP contribution in [0, 0.1) is 0 Å². The van der Waals surface area contributed by atoms with E-state index in [0.29, 0.717) is 25.7 Å². The summed E-state index contributed by atoms with van der Waals surface area (Å²) in [5.41, 5.74) is 5.60. The van der Waals surface area contributed by atoms with E-state index in [-0.39, 0.29) is 18.9 Å². The van der Waals surface area contributed by atoms with Gasteiger partial charge >= 0.3 is 0 Å². The first-order chi connectivity index (χ1) is 9.04. The van der Waals surface area contributed by atoms with Crippen LogP contribution in [0.2, 0.25) is 0 Å². The van der Waals surface area contributed by atoms with Gasteiger partial charge < -0.3 is 15.4 Å². The SMILES string of the molecule is CC(CN)N1CCN(C(=O)CCOCC(F)F)CC1. The maximum atomic E-state index is 11.8. The molecular formula is C12H23F2N3O2. The number of nitrogens with zero attached hydrogens (tertiary/aromatic N) is 2. The summed E-state index contributed by atoms with van der Waals surface area (Å²) in [4.78, 5) is 15.8. The Morgan fingerprint density at radius 2 is 1.95 bits per heavy atom. The van der Waals surface area contributed by atoms with Gasteiger partial charge in [0.25, 0.3) is 6.43 Å². The van der Waals surface area contributed by atoms with Crippen molar-refractivity contribution in [2.75, 3.05) is 45.9 Å². The Bertz CT molecular complexity index is 272. The van der Waals surface area contributed by atoms with E-state index in [1.165, 1.54) is 0 Å². The predicted molar refractivity (Wildman–Crippen MR) is 68.1 cm³/mol. The number of alkyl halides is 2. The Kier molecular flexibility index (Phi) is 7.19. The molecule has 0 aliphatic carbocycles. The minimum Gasteiger partial charge on any atom is -0.375 e. The standard InChI is InChI=1S/C12H23F2N3O2/c1-10(8-15)16-3-5-17(6-4-16)12(18)2-7-19-9-11(13)14/h10-11H,2-9,15H2,1H3.